The van der Waals surface area contributed by atoms with Crippen molar-refractivity contribution < 1.29 is 4.79 Å². The number of primary amides is 1. The predicted molar refractivity (Wildman–Crippen MR) is 97.5 cm³/mol. The number of amides is 1. The number of benzene rings is 2. The van der Waals surface area contributed by atoms with E-state index in [9.17, 15) is 4.79 Å². The topological polar surface area (TPSA) is 80.9 Å². The molecule has 1 heterocycles. The number of nitrogens with zero attached hydrogens (tertiary/aromatic N) is 2. The second-order valence-corrected chi connectivity index (χ2v) is 6.10. The van der Waals surface area contributed by atoms with Crippen LogP contribution in [0.2, 0.25) is 0 Å². The molecule has 3 aromatic rings. The van der Waals surface area contributed by atoms with Crippen molar-refractivity contribution >= 4 is 27.8 Å². The first-order valence-electron chi connectivity index (χ1n) is 7.33. The third-order valence-electron chi connectivity index (χ3n) is 3.48. The Labute approximate surface area is 148 Å². The molecule has 3 rings (SSSR count). The molecule has 0 saturated heterocycles. The van der Waals surface area contributed by atoms with Crippen LogP contribution in [0.25, 0.3) is 11.3 Å². The molecule has 0 aliphatic carbocycles. The van der Waals surface area contributed by atoms with Gasteiger partial charge in [0.2, 0.25) is 11.9 Å². The average molecular weight is 383 g/mol. The van der Waals surface area contributed by atoms with Crippen molar-refractivity contribution in [2.75, 3.05) is 5.32 Å². The van der Waals surface area contributed by atoms with Gasteiger partial charge in [-0.2, -0.15) is 0 Å². The van der Waals surface area contributed by atoms with Gasteiger partial charge in [-0.3, -0.25) is 4.79 Å². The van der Waals surface area contributed by atoms with Crippen molar-refractivity contribution in [3.8, 4) is 11.3 Å². The average Bonchev–Trinajstić information content (AvgIpc) is 2.61. The van der Waals surface area contributed by atoms with Gasteiger partial charge in [0.1, 0.15) is 0 Å². The van der Waals surface area contributed by atoms with Gasteiger partial charge in [-0.25, -0.2) is 9.97 Å². The van der Waals surface area contributed by atoms with Crippen molar-refractivity contribution in [2.24, 2.45) is 5.73 Å². The summed E-state index contributed by atoms with van der Waals surface area (Å²) >= 11 is 3.42. The van der Waals surface area contributed by atoms with Crippen LogP contribution in [0.4, 0.5) is 5.95 Å². The minimum atomic E-state index is -0.443. The van der Waals surface area contributed by atoms with Crippen LogP contribution in [0.15, 0.2) is 65.3 Å². The highest BCUT2D eigenvalue weighted by atomic mass is 79.9. The molecule has 0 radical (unpaired) electrons. The molecule has 1 aromatic heterocycles. The number of rotatable bonds is 5. The summed E-state index contributed by atoms with van der Waals surface area (Å²) in [5.74, 6) is 0.107. The Kier molecular flexibility index (Phi) is 4.86. The zero-order valence-electron chi connectivity index (χ0n) is 12.7. The first kappa shape index (κ1) is 16.1. The highest BCUT2D eigenvalue weighted by Gasteiger charge is 2.04. The Morgan fingerprint density at radius 3 is 2.42 bits per heavy atom. The molecular formula is C18H15BrN4O. The van der Waals surface area contributed by atoms with Gasteiger partial charge in [0.25, 0.3) is 0 Å². The summed E-state index contributed by atoms with van der Waals surface area (Å²) < 4.78 is 1.05. The maximum absolute atomic E-state index is 11.1. The highest BCUT2D eigenvalue weighted by molar-refractivity contribution is 9.10. The predicted octanol–water partition coefficient (Wildman–Crippen LogP) is 3.62. The Morgan fingerprint density at radius 2 is 1.75 bits per heavy atom. The van der Waals surface area contributed by atoms with E-state index in [0.717, 1.165) is 21.3 Å². The fraction of sp³-hybridized carbons (Fsp3) is 0.0556. The second kappa shape index (κ2) is 7.23. The molecule has 0 aliphatic heterocycles. The number of anilines is 1. The van der Waals surface area contributed by atoms with Crippen molar-refractivity contribution in [2.45, 2.75) is 6.54 Å². The van der Waals surface area contributed by atoms with Crippen LogP contribution in [0, 0.1) is 0 Å². The quantitative estimate of drug-likeness (QED) is 0.705. The lowest BCUT2D eigenvalue weighted by molar-refractivity contribution is 0.100. The molecular weight excluding hydrogens is 368 g/mol. The van der Waals surface area contributed by atoms with E-state index in [1.807, 2.05) is 42.5 Å². The summed E-state index contributed by atoms with van der Waals surface area (Å²) in [6.07, 6.45) is 1.70. The Bertz CT molecular complexity index is 848. The lowest BCUT2D eigenvalue weighted by Crippen LogP contribution is -2.10. The zero-order chi connectivity index (χ0) is 16.9. The molecule has 2 aromatic carbocycles. The van der Waals surface area contributed by atoms with Crippen LogP contribution in [-0.2, 0) is 6.54 Å². The van der Waals surface area contributed by atoms with E-state index in [-0.39, 0.29) is 0 Å². The molecule has 1 amide bonds. The molecule has 0 aliphatic rings. The van der Waals surface area contributed by atoms with Crippen molar-refractivity contribution in [3.05, 3.63) is 76.4 Å². The number of hydrogen-bond acceptors (Lipinski definition) is 4. The van der Waals surface area contributed by atoms with E-state index in [4.69, 9.17) is 5.73 Å². The van der Waals surface area contributed by atoms with E-state index in [2.05, 4.69) is 31.2 Å². The summed E-state index contributed by atoms with van der Waals surface area (Å²) in [7, 11) is 0. The van der Waals surface area contributed by atoms with Crippen LogP contribution in [-0.4, -0.2) is 15.9 Å². The molecule has 0 spiro atoms. The van der Waals surface area contributed by atoms with Gasteiger partial charge < -0.3 is 11.1 Å². The fourth-order valence-electron chi connectivity index (χ4n) is 2.19. The molecule has 0 saturated carbocycles. The van der Waals surface area contributed by atoms with Gasteiger partial charge in [0, 0.05) is 28.3 Å². The molecule has 6 heteroatoms. The van der Waals surface area contributed by atoms with Gasteiger partial charge in [-0.05, 0) is 35.9 Å². The number of carbonyl (C=O) groups excluding carboxylic acids is 1. The highest BCUT2D eigenvalue weighted by Crippen LogP contribution is 2.18. The van der Waals surface area contributed by atoms with E-state index in [0.29, 0.717) is 18.1 Å². The maximum atomic E-state index is 11.1. The lowest BCUT2D eigenvalue weighted by atomic mass is 10.1. The zero-order valence-corrected chi connectivity index (χ0v) is 14.3. The lowest BCUT2D eigenvalue weighted by Gasteiger charge is -2.07. The van der Waals surface area contributed by atoms with Crippen LogP contribution >= 0.6 is 15.9 Å². The maximum Gasteiger partial charge on any atom is 0.248 e. The van der Waals surface area contributed by atoms with Crippen LogP contribution in [0.3, 0.4) is 0 Å². The first-order chi connectivity index (χ1) is 11.6. The molecule has 0 atom stereocenters. The summed E-state index contributed by atoms with van der Waals surface area (Å²) in [6.45, 7) is 0.636. The summed E-state index contributed by atoms with van der Waals surface area (Å²) in [4.78, 5) is 19.9. The number of hydrogen-bond donors (Lipinski definition) is 2. The molecule has 0 unspecified atom stereocenters. The molecule has 0 bridgehead atoms. The van der Waals surface area contributed by atoms with Gasteiger partial charge in [-0.15, -0.1) is 0 Å². The Hall–Kier alpha value is -2.73. The molecule has 24 heavy (non-hydrogen) atoms. The molecule has 5 nitrogen and oxygen atoms in total. The van der Waals surface area contributed by atoms with Gasteiger partial charge >= 0.3 is 0 Å². The summed E-state index contributed by atoms with van der Waals surface area (Å²) in [6, 6.07) is 16.9. The SMILES string of the molecule is NC(=O)c1ccc(-c2ccnc(NCc3ccc(Br)cc3)n2)cc1. The third-order valence-corrected chi connectivity index (χ3v) is 4.01. The fourth-order valence-corrected chi connectivity index (χ4v) is 2.46. The minimum absolute atomic E-state index is 0.443. The van der Waals surface area contributed by atoms with Crippen LogP contribution in [0.5, 0.6) is 0 Å². The summed E-state index contributed by atoms with van der Waals surface area (Å²) in [5, 5.41) is 3.21. The van der Waals surface area contributed by atoms with Gasteiger partial charge in [0.15, 0.2) is 0 Å². The Morgan fingerprint density at radius 1 is 1.04 bits per heavy atom. The third kappa shape index (κ3) is 3.97. The number of aromatic nitrogens is 2. The monoisotopic (exact) mass is 382 g/mol. The minimum Gasteiger partial charge on any atom is -0.366 e. The first-order valence-corrected chi connectivity index (χ1v) is 8.13. The second-order valence-electron chi connectivity index (χ2n) is 5.19. The summed E-state index contributed by atoms with van der Waals surface area (Å²) in [5.41, 5.74) is 8.54. The Balaban J connectivity index is 1.73. The number of carbonyl (C=O) groups is 1. The van der Waals surface area contributed by atoms with E-state index >= 15 is 0 Å². The number of nitrogens with two attached hydrogens (primary N) is 1. The van der Waals surface area contributed by atoms with Crippen molar-refractivity contribution in [3.63, 3.8) is 0 Å². The number of nitrogens with one attached hydrogen (secondary N) is 1. The van der Waals surface area contributed by atoms with E-state index in [1.54, 1.807) is 18.3 Å². The molecule has 0 fully saturated rings. The van der Waals surface area contributed by atoms with Crippen LogP contribution < -0.4 is 11.1 Å². The van der Waals surface area contributed by atoms with Gasteiger partial charge in [0.05, 0.1) is 5.69 Å². The number of halogens is 1. The molecule has 120 valence electrons. The van der Waals surface area contributed by atoms with Crippen LogP contribution in [0.1, 0.15) is 15.9 Å². The van der Waals surface area contributed by atoms with Crippen molar-refractivity contribution in [1.82, 2.24) is 9.97 Å². The smallest absolute Gasteiger partial charge is 0.248 e. The van der Waals surface area contributed by atoms with E-state index in [1.165, 1.54) is 0 Å². The largest absolute Gasteiger partial charge is 0.366 e. The molecule has 3 N–H and O–H groups in total. The van der Waals surface area contributed by atoms with Gasteiger partial charge in [-0.1, -0.05) is 40.2 Å². The standard InChI is InChI=1S/C18H15BrN4O/c19-15-7-1-12(2-8-15)11-22-18-21-10-9-16(23-18)13-3-5-14(6-4-13)17(20)24/h1-10H,11H2,(H2,20,24)(H,21,22,23). The normalized spacial score (nSPS) is 10.4. The van der Waals surface area contributed by atoms with Crippen molar-refractivity contribution in [1.29, 1.82) is 0 Å². The van der Waals surface area contributed by atoms with E-state index < -0.39 is 5.91 Å².